The van der Waals surface area contributed by atoms with E-state index < -0.39 is 0 Å². The molecule has 1 aliphatic rings. The smallest absolute Gasteiger partial charge is 0.118 e. The Bertz CT molecular complexity index is 380. The molecule has 2 rings (SSSR count). The first-order valence-corrected chi connectivity index (χ1v) is 6.93. The Balaban J connectivity index is 1.93. The van der Waals surface area contributed by atoms with Crippen molar-refractivity contribution in [3.05, 3.63) is 29.8 Å². The minimum absolute atomic E-state index is 0.210. The van der Waals surface area contributed by atoms with E-state index in [9.17, 15) is 0 Å². The molecule has 4 heteroatoms. The van der Waals surface area contributed by atoms with Crippen LogP contribution in [-0.2, 0) is 6.42 Å². The molecule has 0 radical (unpaired) electrons. The molecule has 0 spiro atoms. The number of benzene rings is 1. The van der Waals surface area contributed by atoms with Crippen LogP contribution in [0.2, 0.25) is 0 Å². The van der Waals surface area contributed by atoms with Gasteiger partial charge in [0.15, 0.2) is 0 Å². The third kappa shape index (κ3) is 4.20. The summed E-state index contributed by atoms with van der Waals surface area (Å²) in [6, 6.07) is 8.47. The lowest BCUT2D eigenvalue weighted by Crippen LogP contribution is -2.48. The van der Waals surface area contributed by atoms with Crippen molar-refractivity contribution in [2.45, 2.75) is 18.9 Å². The first kappa shape index (κ1) is 14.3. The molecule has 1 aromatic rings. The quantitative estimate of drug-likeness (QED) is 0.829. The third-order valence-corrected chi connectivity index (χ3v) is 3.74. The van der Waals surface area contributed by atoms with Gasteiger partial charge < -0.3 is 15.6 Å². The Labute approximate surface area is 115 Å². The molecule has 1 aromatic carbocycles. The summed E-state index contributed by atoms with van der Waals surface area (Å²) in [6.45, 7) is 2.87. The van der Waals surface area contributed by atoms with Crippen molar-refractivity contribution in [1.29, 1.82) is 0 Å². The highest BCUT2D eigenvalue weighted by molar-refractivity contribution is 5.27. The number of nitrogens with zero attached hydrogens (tertiary/aromatic N) is 1. The van der Waals surface area contributed by atoms with Crippen LogP contribution in [0.4, 0.5) is 0 Å². The van der Waals surface area contributed by atoms with Crippen LogP contribution in [-0.4, -0.2) is 49.4 Å². The summed E-state index contributed by atoms with van der Waals surface area (Å²) < 4.78 is 5.17. The van der Waals surface area contributed by atoms with E-state index in [0.717, 1.165) is 38.2 Å². The molecule has 1 heterocycles. The van der Waals surface area contributed by atoms with Gasteiger partial charge in [0.05, 0.1) is 13.7 Å². The summed E-state index contributed by atoms with van der Waals surface area (Å²) in [4.78, 5) is 2.27. The number of rotatable bonds is 5. The number of methoxy groups -OCH3 is 1. The molecular weight excluding hydrogens is 240 g/mol. The molecule has 19 heavy (non-hydrogen) atoms. The van der Waals surface area contributed by atoms with E-state index >= 15 is 0 Å². The van der Waals surface area contributed by atoms with E-state index in [1.165, 1.54) is 5.56 Å². The SMILES string of the molecule is COc1ccc(CC2CC(N)CN(CCO)C2)cc1. The first-order chi connectivity index (χ1) is 9.21. The summed E-state index contributed by atoms with van der Waals surface area (Å²) in [5.74, 6) is 1.47. The van der Waals surface area contributed by atoms with Crippen molar-refractivity contribution in [2.24, 2.45) is 11.7 Å². The predicted molar refractivity (Wildman–Crippen MR) is 76.3 cm³/mol. The van der Waals surface area contributed by atoms with Gasteiger partial charge in [0, 0.05) is 25.7 Å². The van der Waals surface area contributed by atoms with Gasteiger partial charge in [0.25, 0.3) is 0 Å². The fourth-order valence-electron chi connectivity index (χ4n) is 2.92. The molecule has 3 N–H and O–H groups in total. The van der Waals surface area contributed by atoms with E-state index in [-0.39, 0.29) is 12.6 Å². The highest BCUT2D eigenvalue weighted by Gasteiger charge is 2.24. The highest BCUT2D eigenvalue weighted by Crippen LogP contribution is 2.21. The van der Waals surface area contributed by atoms with E-state index in [0.29, 0.717) is 5.92 Å². The minimum atomic E-state index is 0.210. The lowest BCUT2D eigenvalue weighted by atomic mass is 9.89. The van der Waals surface area contributed by atoms with E-state index in [2.05, 4.69) is 17.0 Å². The molecule has 1 fully saturated rings. The van der Waals surface area contributed by atoms with Crippen molar-refractivity contribution in [3.63, 3.8) is 0 Å². The molecule has 4 nitrogen and oxygen atoms in total. The molecule has 0 bridgehead atoms. The lowest BCUT2D eigenvalue weighted by Gasteiger charge is -2.36. The van der Waals surface area contributed by atoms with Gasteiger partial charge in [-0.05, 0) is 36.5 Å². The molecule has 0 aliphatic carbocycles. The number of hydrogen-bond donors (Lipinski definition) is 2. The molecule has 2 unspecified atom stereocenters. The van der Waals surface area contributed by atoms with Gasteiger partial charge in [-0.3, -0.25) is 4.90 Å². The average Bonchev–Trinajstić information content (AvgIpc) is 2.39. The zero-order chi connectivity index (χ0) is 13.7. The minimum Gasteiger partial charge on any atom is -0.497 e. The van der Waals surface area contributed by atoms with Gasteiger partial charge in [-0.15, -0.1) is 0 Å². The Kier molecular flexibility index (Phi) is 5.19. The molecule has 106 valence electrons. The number of aliphatic hydroxyl groups excluding tert-OH is 1. The third-order valence-electron chi connectivity index (χ3n) is 3.74. The van der Waals surface area contributed by atoms with Crippen molar-refractivity contribution in [2.75, 3.05) is 33.4 Å². The van der Waals surface area contributed by atoms with E-state index in [4.69, 9.17) is 15.6 Å². The molecule has 0 saturated carbocycles. The second-order valence-electron chi connectivity index (χ2n) is 5.40. The first-order valence-electron chi connectivity index (χ1n) is 6.93. The largest absolute Gasteiger partial charge is 0.497 e. The number of hydrogen-bond acceptors (Lipinski definition) is 4. The maximum Gasteiger partial charge on any atom is 0.118 e. The summed E-state index contributed by atoms with van der Waals surface area (Å²) in [6.07, 6.45) is 2.10. The van der Waals surface area contributed by atoms with Crippen LogP contribution in [0, 0.1) is 5.92 Å². The molecule has 0 amide bonds. The van der Waals surface area contributed by atoms with Gasteiger partial charge in [-0.2, -0.15) is 0 Å². The van der Waals surface area contributed by atoms with Gasteiger partial charge in [0.1, 0.15) is 5.75 Å². The van der Waals surface area contributed by atoms with Crippen LogP contribution in [0.25, 0.3) is 0 Å². The molecule has 2 atom stereocenters. The Morgan fingerprint density at radius 3 is 2.68 bits per heavy atom. The van der Waals surface area contributed by atoms with Crippen molar-refractivity contribution in [3.8, 4) is 5.75 Å². The summed E-state index contributed by atoms with van der Waals surface area (Å²) in [5.41, 5.74) is 7.42. The highest BCUT2D eigenvalue weighted by atomic mass is 16.5. The zero-order valence-corrected chi connectivity index (χ0v) is 11.6. The number of nitrogens with two attached hydrogens (primary N) is 1. The van der Waals surface area contributed by atoms with Crippen molar-refractivity contribution >= 4 is 0 Å². The standard InChI is InChI=1S/C15H24N2O2/c1-19-15-4-2-12(3-5-15)8-13-9-14(16)11-17(10-13)6-7-18/h2-5,13-14,18H,6-11,16H2,1H3. The Morgan fingerprint density at radius 1 is 1.32 bits per heavy atom. The van der Waals surface area contributed by atoms with E-state index in [1.54, 1.807) is 7.11 Å². The molecular formula is C15H24N2O2. The molecule has 1 saturated heterocycles. The zero-order valence-electron chi connectivity index (χ0n) is 11.6. The van der Waals surface area contributed by atoms with Crippen LogP contribution >= 0.6 is 0 Å². The van der Waals surface area contributed by atoms with Crippen LogP contribution in [0.3, 0.4) is 0 Å². The maximum atomic E-state index is 9.04. The monoisotopic (exact) mass is 264 g/mol. The Morgan fingerprint density at radius 2 is 2.05 bits per heavy atom. The van der Waals surface area contributed by atoms with Crippen LogP contribution in [0.5, 0.6) is 5.75 Å². The molecule has 1 aliphatic heterocycles. The number of aliphatic hydroxyl groups is 1. The van der Waals surface area contributed by atoms with Crippen LogP contribution < -0.4 is 10.5 Å². The second-order valence-corrected chi connectivity index (χ2v) is 5.40. The summed E-state index contributed by atoms with van der Waals surface area (Å²) in [7, 11) is 1.68. The van der Waals surface area contributed by atoms with Gasteiger partial charge >= 0.3 is 0 Å². The second kappa shape index (κ2) is 6.89. The number of ether oxygens (including phenoxy) is 1. The predicted octanol–water partition coefficient (Wildman–Crippen LogP) is 0.879. The molecule has 0 aromatic heterocycles. The summed E-state index contributed by atoms with van der Waals surface area (Å²) >= 11 is 0. The van der Waals surface area contributed by atoms with Crippen molar-refractivity contribution in [1.82, 2.24) is 4.90 Å². The summed E-state index contributed by atoms with van der Waals surface area (Å²) in [5, 5.41) is 9.04. The normalized spacial score (nSPS) is 24.4. The van der Waals surface area contributed by atoms with Gasteiger partial charge in [-0.25, -0.2) is 0 Å². The number of β-amino-alcohol motifs (C(OH)–C–C–N with tert-alkyl or cyclic N) is 1. The fraction of sp³-hybridized carbons (Fsp3) is 0.600. The van der Waals surface area contributed by atoms with Crippen LogP contribution in [0.1, 0.15) is 12.0 Å². The number of piperidine rings is 1. The number of likely N-dealkylation sites (tertiary alicyclic amines) is 1. The maximum absolute atomic E-state index is 9.04. The van der Waals surface area contributed by atoms with E-state index in [1.807, 2.05) is 12.1 Å². The van der Waals surface area contributed by atoms with Crippen LogP contribution in [0.15, 0.2) is 24.3 Å². The Hall–Kier alpha value is -1.10. The van der Waals surface area contributed by atoms with Crippen molar-refractivity contribution < 1.29 is 9.84 Å². The topological polar surface area (TPSA) is 58.7 Å². The lowest BCUT2D eigenvalue weighted by molar-refractivity contribution is 0.127. The van der Waals surface area contributed by atoms with Gasteiger partial charge in [0.2, 0.25) is 0 Å². The van der Waals surface area contributed by atoms with Gasteiger partial charge in [-0.1, -0.05) is 12.1 Å². The fourth-order valence-corrected chi connectivity index (χ4v) is 2.92. The average molecular weight is 264 g/mol.